The number of hydrogen-bond donors (Lipinski definition) is 2. The van der Waals surface area contributed by atoms with Crippen molar-refractivity contribution in [1.29, 1.82) is 0 Å². The lowest BCUT2D eigenvalue weighted by atomic mass is 9.75. The van der Waals surface area contributed by atoms with E-state index in [0.717, 1.165) is 30.6 Å². The number of rotatable bonds is 4. The molecule has 2 atom stereocenters. The fourth-order valence-electron chi connectivity index (χ4n) is 4.70. The van der Waals surface area contributed by atoms with Gasteiger partial charge in [0.15, 0.2) is 0 Å². The molecule has 2 fully saturated rings. The molecule has 1 heterocycles. The van der Waals surface area contributed by atoms with Gasteiger partial charge in [0.2, 0.25) is 11.8 Å². The Morgan fingerprint density at radius 2 is 1.55 bits per heavy atom. The number of nitrogens with one attached hydrogen (secondary N) is 1. The molecule has 1 saturated carbocycles. The van der Waals surface area contributed by atoms with E-state index in [0.29, 0.717) is 25.9 Å². The lowest BCUT2D eigenvalue weighted by molar-refractivity contribution is -0.146. The van der Waals surface area contributed by atoms with Gasteiger partial charge in [0.05, 0.1) is 11.8 Å². The van der Waals surface area contributed by atoms with Gasteiger partial charge < -0.3 is 9.80 Å². The Labute approximate surface area is 183 Å². The van der Waals surface area contributed by atoms with Gasteiger partial charge >= 0.3 is 0 Å². The van der Waals surface area contributed by atoms with Crippen molar-refractivity contribution in [2.45, 2.75) is 19.3 Å². The predicted octanol–water partition coefficient (Wildman–Crippen LogP) is 3.34. The van der Waals surface area contributed by atoms with Crippen LogP contribution in [0.5, 0.6) is 0 Å². The Hall–Kier alpha value is -3.12. The van der Waals surface area contributed by atoms with Crippen LogP contribution in [-0.2, 0) is 9.59 Å². The van der Waals surface area contributed by atoms with E-state index in [4.69, 9.17) is 0 Å². The monoisotopic (exact) mass is 419 g/mol. The van der Waals surface area contributed by atoms with Crippen molar-refractivity contribution >= 4 is 23.6 Å². The summed E-state index contributed by atoms with van der Waals surface area (Å²) >= 11 is 0. The highest BCUT2D eigenvalue weighted by Crippen LogP contribution is 2.36. The largest absolute Gasteiger partial charge is 0.368 e. The van der Waals surface area contributed by atoms with Crippen LogP contribution in [0.2, 0.25) is 0 Å². The molecule has 1 aliphatic heterocycles. The third kappa shape index (κ3) is 4.97. The summed E-state index contributed by atoms with van der Waals surface area (Å²) in [7, 11) is 0. The SMILES string of the molecule is O=C(NO)[C@H]1C/C(=C/c2ccccc2)CC[C@@H]1C(=O)N1CCN(c2ccccc2)CC1. The molecule has 4 rings (SSSR count). The van der Waals surface area contributed by atoms with E-state index in [1.165, 1.54) is 5.69 Å². The number of piperazine rings is 1. The van der Waals surface area contributed by atoms with Gasteiger partial charge in [-0.15, -0.1) is 0 Å². The zero-order valence-corrected chi connectivity index (χ0v) is 17.6. The molecule has 2 aromatic rings. The first-order chi connectivity index (χ1) is 15.2. The van der Waals surface area contributed by atoms with E-state index >= 15 is 0 Å². The molecule has 1 saturated heterocycles. The van der Waals surface area contributed by atoms with Crippen molar-refractivity contribution in [2.75, 3.05) is 31.1 Å². The lowest BCUT2D eigenvalue weighted by Crippen LogP contribution is -2.52. The molecule has 6 nitrogen and oxygen atoms in total. The maximum atomic E-state index is 13.3. The summed E-state index contributed by atoms with van der Waals surface area (Å²) < 4.78 is 0. The highest BCUT2D eigenvalue weighted by Gasteiger charge is 2.39. The van der Waals surface area contributed by atoms with Gasteiger partial charge in [-0.2, -0.15) is 0 Å². The Morgan fingerprint density at radius 1 is 0.903 bits per heavy atom. The van der Waals surface area contributed by atoms with Crippen LogP contribution in [0.1, 0.15) is 24.8 Å². The first kappa shape index (κ1) is 21.1. The summed E-state index contributed by atoms with van der Waals surface area (Å²) in [5.41, 5.74) is 5.18. The molecule has 0 unspecified atom stereocenters. The second kappa shape index (κ2) is 9.79. The Balaban J connectivity index is 1.42. The summed E-state index contributed by atoms with van der Waals surface area (Å²) in [6, 6.07) is 20.2. The summed E-state index contributed by atoms with van der Waals surface area (Å²) in [5, 5.41) is 9.28. The van der Waals surface area contributed by atoms with E-state index in [9.17, 15) is 14.8 Å². The molecule has 0 radical (unpaired) electrons. The number of anilines is 1. The van der Waals surface area contributed by atoms with Gasteiger partial charge in [-0.1, -0.05) is 60.2 Å². The molecule has 2 amide bonds. The molecule has 2 aromatic carbocycles. The third-order valence-electron chi connectivity index (χ3n) is 6.39. The van der Waals surface area contributed by atoms with E-state index in [1.807, 2.05) is 53.4 Å². The zero-order valence-electron chi connectivity index (χ0n) is 17.6. The first-order valence-corrected chi connectivity index (χ1v) is 10.9. The van der Waals surface area contributed by atoms with E-state index in [1.54, 1.807) is 5.48 Å². The standard InChI is InChI=1S/C25H29N3O3/c29-24(26-31)23-18-20(17-19-7-3-1-4-8-19)11-12-22(23)25(30)28-15-13-27(14-16-28)21-9-5-2-6-10-21/h1-10,17,22-23,31H,11-16,18H2,(H,26,29)/b20-17+/t22-,23-/m0/s1. The van der Waals surface area contributed by atoms with Crippen molar-refractivity contribution in [1.82, 2.24) is 10.4 Å². The highest BCUT2D eigenvalue weighted by atomic mass is 16.5. The smallest absolute Gasteiger partial charge is 0.247 e. The molecule has 162 valence electrons. The quantitative estimate of drug-likeness (QED) is 0.589. The number of nitrogens with zero attached hydrogens (tertiary/aromatic N) is 2. The fraction of sp³-hybridized carbons (Fsp3) is 0.360. The van der Waals surface area contributed by atoms with Crippen LogP contribution in [0, 0.1) is 11.8 Å². The van der Waals surface area contributed by atoms with Crippen LogP contribution in [0.25, 0.3) is 6.08 Å². The highest BCUT2D eigenvalue weighted by molar-refractivity contribution is 5.88. The van der Waals surface area contributed by atoms with Gasteiger partial charge in [0.25, 0.3) is 0 Å². The van der Waals surface area contributed by atoms with Crippen molar-refractivity contribution in [3.8, 4) is 0 Å². The summed E-state index contributed by atoms with van der Waals surface area (Å²) in [6.07, 6.45) is 3.98. The lowest BCUT2D eigenvalue weighted by Gasteiger charge is -2.40. The minimum absolute atomic E-state index is 0.0278. The number of hydroxylamine groups is 1. The van der Waals surface area contributed by atoms with Crippen LogP contribution in [0.4, 0.5) is 5.69 Å². The van der Waals surface area contributed by atoms with Crippen molar-refractivity contribution in [3.05, 3.63) is 71.8 Å². The number of benzene rings is 2. The average Bonchev–Trinajstić information content (AvgIpc) is 2.84. The average molecular weight is 420 g/mol. The molecular formula is C25H29N3O3. The molecule has 6 heteroatoms. The molecule has 2 N–H and O–H groups in total. The number of hydrogen-bond acceptors (Lipinski definition) is 4. The Bertz CT molecular complexity index is 922. The normalized spacial score (nSPS) is 22.9. The Kier molecular flexibility index (Phi) is 6.67. The van der Waals surface area contributed by atoms with Gasteiger partial charge in [0.1, 0.15) is 0 Å². The van der Waals surface area contributed by atoms with E-state index in [-0.39, 0.29) is 5.91 Å². The molecule has 0 aromatic heterocycles. The maximum absolute atomic E-state index is 13.3. The third-order valence-corrected chi connectivity index (χ3v) is 6.39. The van der Waals surface area contributed by atoms with Crippen LogP contribution >= 0.6 is 0 Å². The van der Waals surface area contributed by atoms with Crippen molar-refractivity contribution < 1.29 is 14.8 Å². The number of carbonyl (C=O) groups excluding carboxylic acids is 2. The summed E-state index contributed by atoms with van der Waals surface area (Å²) in [5.74, 6) is -1.39. The van der Waals surface area contributed by atoms with Gasteiger partial charge in [0, 0.05) is 31.9 Å². The van der Waals surface area contributed by atoms with Crippen LogP contribution in [-0.4, -0.2) is 48.1 Å². The molecule has 0 bridgehead atoms. The van der Waals surface area contributed by atoms with Crippen molar-refractivity contribution in [2.24, 2.45) is 11.8 Å². The summed E-state index contributed by atoms with van der Waals surface area (Å²) in [4.78, 5) is 29.9. The van der Waals surface area contributed by atoms with Gasteiger partial charge in [-0.25, -0.2) is 5.48 Å². The fourth-order valence-corrected chi connectivity index (χ4v) is 4.70. The van der Waals surface area contributed by atoms with Crippen LogP contribution in [0.3, 0.4) is 0 Å². The number of para-hydroxylation sites is 1. The van der Waals surface area contributed by atoms with Gasteiger partial charge in [-0.3, -0.25) is 14.8 Å². The second-order valence-electron chi connectivity index (χ2n) is 8.29. The number of allylic oxidation sites excluding steroid dienone is 1. The molecule has 0 spiro atoms. The molecule has 1 aliphatic carbocycles. The predicted molar refractivity (Wildman–Crippen MR) is 120 cm³/mol. The Morgan fingerprint density at radius 3 is 2.19 bits per heavy atom. The van der Waals surface area contributed by atoms with Crippen LogP contribution in [0.15, 0.2) is 66.2 Å². The topological polar surface area (TPSA) is 72.9 Å². The maximum Gasteiger partial charge on any atom is 0.247 e. The van der Waals surface area contributed by atoms with Crippen molar-refractivity contribution in [3.63, 3.8) is 0 Å². The van der Waals surface area contributed by atoms with Crippen LogP contribution < -0.4 is 10.4 Å². The molecular weight excluding hydrogens is 390 g/mol. The second-order valence-corrected chi connectivity index (χ2v) is 8.29. The number of carbonyl (C=O) groups is 2. The molecule has 31 heavy (non-hydrogen) atoms. The summed E-state index contributed by atoms with van der Waals surface area (Å²) in [6.45, 7) is 2.84. The van der Waals surface area contributed by atoms with Gasteiger partial charge in [-0.05, 0) is 37.0 Å². The van der Waals surface area contributed by atoms with E-state index < -0.39 is 17.7 Å². The zero-order chi connectivity index (χ0) is 21.6. The minimum atomic E-state index is -0.548. The van der Waals surface area contributed by atoms with E-state index in [2.05, 4.69) is 23.1 Å². The first-order valence-electron chi connectivity index (χ1n) is 10.9. The number of amides is 2. The molecule has 2 aliphatic rings. The minimum Gasteiger partial charge on any atom is -0.368 e.